The van der Waals surface area contributed by atoms with Crippen molar-refractivity contribution in [3.8, 4) is 11.4 Å². The molecular formula is C12H12ClN3O. The summed E-state index contributed by atoms with van der Waals surface area (Å²) in [6.07, 6.45) is 0.956. The molecule has 1 unspecified atom stereocenters. The van der Waals surface area contributed by atoms with Crippen LogP contribution in [0.5, 0.6) is 0 Å². The van der Waals surface area contributed by atoms with Gasteiger partial charge < -0.3 is 4.74 Å². The molecule has 0 N–H and O–H groups in total. The molecule has 3 rings (SSSR count). The van der Waals surface area contributed by atoms with Gasteiger partial charge in [-0.3, -0.25) is 4.57 Å². The smallest absolute Gasteiger partial charge is 0.225 e. The maximum Gasteiger partial charge on any atom is 0.225 e. The zero-order valence-electron chi connectivity index (χ0n) is 9.21. The third-order valence-corrected chi connectivity index (χ3v) is 3.21. The molecule has 1 fully saturated rings. The van der Waals surface area contributed by atoms with Crippen molar-refractivity contribution in [1.29, 1.82) is 0 Å². The molecule has 5 heteroatoms. The molecular weight excluding hydrogens is 238 g/mol. The lowest BCUT2D eigenvalue weighted by Gasteiger charge is -2.13. The molecule has 4 nitrogen and oxygen atoms in total. The number of nitrogens with zero attached hydrogens (tertiary/aromatic N) is 3. The van der Waals surface area contributed by atoms with Gasteiger partial charge in [0.05, 0.1) is 12.6 Å². The van der Waals surface area contributed by atoms with Crippen LogP contribution in [0.3, 0.4) is 0 Å². The summed E-state index contributed by atoms with van der Waals surface area (Å²) >= 11 is 6.11. The predicted octanol–water partition coefficient (Wildman–Crippen LogP) is 2.56. The third-order valence-electron chi connectivity index (χ3n) is 2.96. The van der Waals surface area contributed by atoms with E-state index in [2.05, 4.69) is 10.2 Å². The minimum atomic E-state index is 0.243. The first-order valence-electron chi connectivity index (χ1n) is 5.60. The van der Waals surface area contributed by atoms with E-state index in [4.69, 9.17) is 16.3 Å². The minimum Gasteiger partial charge on any atom is -0.379 e. The van der Waals surface area contributed by atoms with Gasteiger partial charge >= 0.3 is 0 Å². The average Bonchev–Trinajstić information content (AvgIpc) is 2.99. The lowest BCUT2D eigenvalue weighted by molar-refractivity contribution is 0.187. The van der Waals surface area contributed by atoms with Crippen LogP contribution in [-0.4, -0.2) is 28.0 Å². The summed E-state index contributed by atoms with van der Waals surface area (Å²) in [5.74, 6) is 0.811. The van der Waals surface area contributed by atoms with Crippen LogP contribution >= 0.6 is 11.6 Å². The van der Waals surface area contributed by atoms with E-state index in [1.165, 1.54) is 0 Å². The molecule has 0 saturated carbocycles. The highest BCUT2D eigenvalue weighted by Gasteiger charge is 2.24. The quantitative estimate of drug-likeness (QED) is 0.821. The predicted molar refractivity (Wildman–Crippen MR) is 64.9 cm³/mol. The molecule has 17 heavy (non-hydrogen) atoms. The minimum absolute atomic E-state index is 0.243. The van der Waals surface area contributed by atoms with E-state index in [1.807, 2.05) is 34.9 Å². The summed E-state index contributed by atoms with van der Waals surface area (Å²) in [6, 6.07) is 10.2. The molecule has 0 aliphatic carbocycles. The van der Waals surface area contributed by atoms with Gasteiger partial charge in [0.15, 0.2) is 5.82 Å². The Morgan fingerprint density at radius 1 is 1.24 bits per heavy atom. The number of aromatic nitrogens is 3. The van der Waals surface area contributed by atoms with Crippen molar-refractivity contribution < 1.29 is 4.74 Å². The summed E-state index contributed by atoms with van der Waals surface area (Å²) in [7, 11) is 0. The fourth-order valence-corrected chi connectivity index (χ4v) is 2.36. The molecule has 1 aliphatic rings. The lowest BCUT2D eigenvalue weighted by Crippen LogP contribution is -2.10. The van der Waals surface area contributed by atoms with Gasteiger partial charge in [0.1, 0.15) is 0 Å². The van der Waals surface area contributed by atoms with E-state index in [1.54, 1.807) is 0 Å². The van der Waals surface area contributed by atoms with Crippen molar-refractivity contribution in [3.63, 3.8) is 0 Å². The first kappa shape index (κ1) is 10.7. The zero-order valence-corrected chi connectivity index (χ0v) is 9.97. The monoisotopic (exact) mass is 249 g/mol. The molecule has 0 spiro atoms. The molecule has 1 aromatic heterocycles. The summed E-state index contributed by atoms with van der Waals surface area (Å²) in [4.78, 5) is 0. The molecule has 88 valence electrons. The van der Waals surface area contributed by atoms with Gasteiger partial charge in [-0.05, 0) is 18.0 Å². The van der Waals surface area contributed by atoms with Gasteiger partial charge in [0.2, 0.25) is 5.28 Å². The van der Waals surface area contributed by atoms with E-state index < -0.39 is 0 Å². The molecule has 2 aromatic rings. The van der Waals surface area contributed by atoms with Gasteiger partial charge in [-0.25, -0.2) is 0 Å². The highest BCUT2D eigenvalue weighted by molar-refractivity contribution is 6.28. The van der Waals surface area contributed by atoms with Crippen LogP contribution in [0.25, 0.3) is 11.4 Å². The molecule has 1 saturated heterocycles. The van der Waals surface area contributed by atoms with Crippen molar-refractivity contribution in [2.45, 2.75) is 12.5 Å². The van der Waals surface area contributed by atoms with E-state index >= 15 is 0 Å². The Kier molecular flexibility index (Phi) is 2.82. The molecule has 0 radical (unpaired) electrons. The van der Waals surface area contributed by atoms with Crippen molar-refractivity contribution in [3.05, 3.63) is 35.6 Å². The highest BCUT2D eigenvalue weighted by atomic mass is 35.5. The number of hydrogen-bond donors (Lipinski definition) is 0. The van der Waals surface area contributed by atoms with Gasteiger partial charge in [-0.1, -0.05) is 30.3 Å². The standard InChI is InChI=1S/C12H12ClN3O/c13-12-15-14-11(9-4-2-1-3-5-9)16(12)10-6-7-17-8-10/h1-5,10H,6-8H2. The van der Waals surface area contributed by atoms with Crippen LogP contribution in [0.1, 0.15) is 12.5 Å². The molecule has 0 bridgehead atoms. The van der Waals surface area contributed by atoms with Crippen LogP contribution in [0, 0.1) is 0 Å². The number of benzene rings is 1. The van der Waals surface area contributed by atoms with Crippen molar-refractivity contribution in [1.82, 2.24) is 14.8 Å². The molecule has 0 amide bonds. The zero-order chi connectivity index (χ0) is 11.7. The largest absolute Gasteiger partial charge is 0.379 e. The highest BCUT2D eigenvalue weighted by Crippen LogP contribution is 2.29. The van der Waals surface area contributed by atoms with E-state index in [0.717, 1.165) is 24.4 Å². The Hall–Kier alpha value is -1.39. The number of ether oxygens (including phenoxy) is 1. The number of halogens is 1. The summed E-state index contributed by atoms with van der Waals surface area (Å²) in [5.41, 5.74) is 1.03. The fraction of sp³-hybridized carbons (Fsp3) is 0.333. The first-order chi connectivity index (χ1) is 8.36. The van der Waals surface area contributed by atoms with Crippen molar-refractivity contribution >= 4 is 11.6 Å². The SMILES string of the molecule is Clc1nnc(-c2ccccc2)n1C1CCOC1. The fourth-order valence-electron chi connectivity index (χ4n) is 2.11. The first-order valence-corrected chi connectivity index (χ1v) is 5.97. The van der Waals surface area contributed by atoms with Crippen LogP contribution < -0.4 is 0 Å². The number of hydrogen-bond acceptors (Lipinski definition) is 3. The summed E-state index contributed by atoms with van der Waals surface area (Å²) in [5, 5.41) is 8.55. The van der Waals surface area contributed by atoms with Gasteiger partial charge in [0, 0.05) is 12.2 Å². The van der Waals surface area contributed by atoms with E-state index in [0.29, 0.717) is 11.9 Å². The Morgan fingerprint density at radius 3 is 2.76 bits per heavy atom. The molecule has 1 aromatic carbocycles. The van der Waals surface area contributed by atoms with Crippen LogP contribution in [0.2, 0.25) is 5.28 Å². The van der Waals surface area contributed by atoms with Crippen molar-refractivity contribution in [2.24, 2.45) is 0 Å². The van der Waals surface area contributed by atoms with E-state index in [-0.39, 0.29) is 6.04 Å². The summed E-state index contributed by atoms with van der Waals surface area (Å²) < 4.78 is 7.35. The third kappa shape index (κ3) is 1.94. The van der Waals surface area contributed by atoms with Crippen LogP contribution in [-0.2, 0) is 4.74 Å². The second-order valence-electron chi connectivity index (χ2n) is 4.05. The molecule has 1 atom stereocenters. The van der Waals surface area contributed by atoms with Crippen LogP contribution in [0.15, 0.2) is 30.3 Å². The maximum absolute atomic E-state index is 6.11. The van der Waals surface area contributed by atoms with Crippen LogP contribution in [0.4, 0.5) is 0 Å². The number of rotatable bonds is 2. The topological polar surface area (TPSA) is 39.9 Å². The second-order valence-corrected chi connectivity index (χ2v) is 4.38. The lowest BCUT2D eigenvalue weighted by atomic mass is 10.2. The molecule has 2 heterocycles. The summed E-state index contributed by atoms with van der Waals surface area (Å²) in [6.45, 7) is 1.45. The maximum atomic E-state index is 6.11. The Bertz CT molecular complexity index is 506. The average molecular weight is 250 g/mol. The van der Waals surface area contributed by atoms with Crippen molar-refractivity contribution in [2.75, 3.05) is 13.2 Å². The molecule has 1 aliphatic heterocycles. The van der Waals surface area contributed by atoms with Gasteiger partial charge in [0.25, 0.3) is 0 Å². The van der Waals surface area contributed by atoms with Gasteiger partial charge in [-0.2, -0.15) is 0 Å². The van der Waals surface area contributed by atoms with E-state index in [9.17, 15) is 0 Å². The second kappa shape index (κ2) is 4.47. The van der Waals surface area contributed by atoms with Gasteiger partial charge in [-0.15, -0.1) is 10.2 Å². The Morgan fingerprint density at radius 2 is 2.06 bits per heavy atom. The Balaban J connectivity index is 2.06. The Labute approximate surface area is 104 Å². The normalized spacial score (nSPS) is 19.7.